The molecule has 4 heterocycles. The smallest absolute Gasteiger partial charge is 0.264 e. The number of carbonyl (C=O) groups is 3. The summed E-state index contributed by atoms with van der Waals surface area (Å²) in [6, 6.07) is 13.7. The predicted molar refractivity (Wildman–Crippen MR) is 180 cm³/mol. The van der Waals surface area contributed by atoms with E-state index in [1.165, 1.54) is 5.19 Å². The van der Waals surface area contributed by atoms with Crippen LogP contribution in [-0.2, 0) is 24.7 Å². The second-order valence-corrected chi connectivity index (χ2v) is 18.2. The van der Waals surface area contributed by atoms with Gasteiger partial charge in [-0.1, -0.05) is 43.4 Å². The Morgan fingerprint density at radius 1 is 1.20 bits per heavy atom. The number of rotatable bonds is 9. The fourth-order valence-corrected chi connectivity index (χ4v) is 12.5. The van der Waals surface area contributed by atoms with E-state index >= 15 is 0 Å². The van der Waals surface area contributed by atoms with Gasteiger partial charge in [0.1, 0.15) is 5.75 Å². The molecular formula is C35H46N4O6Si. The largest absolute Gasteiger partial charge is 0.497 e. The van der Waals surface area contributed by atoms with Gasteiger partial charge in [0.15, 0.2) is 5.60 Å². The summed E-state index contributed by atoms with van der Waals surface area (Å²) in [7, 11) is -0.799. The number of nitrogens with zero attached hydrogens (tertiary/aromatic N) is 3. The number of methoxy groups -OCH3 is 1. The van der Waals surface area contributed by atoms with Crippen LogP contribution in [0.2, 0.25) is 18.6 Å². The summed E-state index contributed by atoms with van der Waals surface area (Å²) in [6.07, 6.45) is 2.94. The second-order valence-electron chi connectivity index (χ2n) is 13.6. The van der Waals surface area contributed by atoms with Crippen molar-refractivity contribution in [3.63, 3.8) is 0 Å². The average Bonchev–Trinajstić information content (AvgIpc) is 3.72. The van der Waals surface area contributed by atoms with Gasteiger partial charge in [-0.25, -0.2) is 0 Å². The molecule has 0 radical (unpaired) electrons. The fraction of sp³-hybridized carbons (Fsp3) is 0.514. The van der Waals surface area contributed by atoms with Crippen LogP contribution in [-0.4, -0.2) is 94.4 Å². The van der Waals surface area contributed by atoms with Crippen molar-refractivity contribution in [1.29, 1.82) is 0 Å². The second kappa shape index (κ2) is 12.6. The highest BCUT2D eigenvalue weighted by molar-refractivity contribution is 6.91. The molecule has 0 aromatic heterocycles. The van der Waals surface area contributed by atoms with E-state index in [1.807, 2.05) is 30.3 Å². The first-order valence-corrected chi connectivity index (χ1v) is 19.5. The van der Waals surface area contributed by atoms with E-state index < -0.39 is 19.8 Å². The van der Waals surface area contributed by atoms with Gasteiger partial charge in [-0.3, -0.25) is 14.4 Å². The summed E-state index contributed by atoms with van der Waals surface area (Å²) >= 11 is 0. The molecule has 3 amide bonds. The van der Waals surface area contributed by atoms with Gasteiger partial charge in [-0.2, -0.15) is 0 Å². The van der Waals surface area contributed by atoms with Crippen LogP contribution in [0.5, 0.6) is 5.75 Å². The third kappa shape index (κ3) is 5.17. The Kier molecular flexibility index (Phi) is 8.88. The number of amides is 3. The first-order chi connectivity index (χ1) is 22.1. The highest BCUT2D eigenvalue weighted by atomic mass is 28.3. The summed E-state index contributed by atoms with van der Waals surface area (Å²) in [6.45, 7) is 12.9. The van der Waals surface area contributed by atoms with Gasteiger partial charge in [0.25, 0.3) is 5.91 Å². The molecule has 2 aromatic carbocycles. The van der Waals surface area contributed by atoms with E-state index in [1.54, 1.807) is 27.9 Å². The normalized spacial score (nSPS) is 27.9. The van der Waals surface area contributed by atoms with Gasteiger partial charge in [0.2, 0.25) is 11.8 Å². The van der Waals surface area contributed by atoms with Crippen molar-refractivity contribution < 1.29 is 29.0 Å². The lowest BCUT2D eigenvalue weighted by Gasteiger charge is -2.37. The number of ether oxygens (including phenoxy) is 2. The Morgan fingerprint density at radius 3 is 2.63 bits per heavy atom. The minimum absolute atomic E-state index is 0.0219. The molecule has 246 valence electrons. The Balaban J connectivity index is 1.47. The molecule has 3 saturated heterocycles. The van der Waals surface area contributed by atoms with Gasteiger partial charge in [0, 0.05) is 43.3 Å². The number of aliphatic hydroxyl groups is 1. The number of nitrogens with one attached hydrogen (secondary N) is 1. The van der Waals surface area contributed by atoms with E-state index in [2.05, 4.69) is 44.0 Å². The molecule has 0 aliphatic carbocycles. The van der Waals surface area contributed by atoms with Crippen LogP contribution in [0.15, 0.2) is 55.1 Å². The Labute approximate surface area is 272 Å². The topological polar surface area (TPSA) is 112 Å². The lowest BCUT2D eigenvalue weighted by atomic mass is 9.82. The third-order valence-corrected chi connectivity index (χ3v) is 15.2. The molecule has 6 rings (SSSR count). The number of carbonyl (C=O) groups excluding carboxylic acids is 3. The standard InChI is InChI=1S/C35H46N4O6Si/c1-6-16-39-29-14-9-24(38-18-15-36-21-32(38)42)19-28(29)35(34(39)43)23(2)33(46(4,5)27-12-10-26(44-3)11-13-27)30(45-35)20-31(41)37-17-7-8-25(37)22-40/h6,9-14,19,23,25,30,33,36,40H,1,7-8,15-18,20-22H2,2-5H3/t23-,25-,30+,33-,35+/m0/s1. The quantitative estimate of drug-likeness (QED) is 0.319. The van der Waals surface area contributed by atoms with Crippen molar-refractivity contribution in [2.45, 2.75) is 62.6 Å². The molecule has 0 saturated carbocycles. The van der Waals surface area contributed by atoms with Crippen molar-refractivity contribution >= 4 is 42.4 Å². The summed E-state index contributed by atoms with van der Waals surface area (Å²) in [5.74, 6) is 0.255. The van der Waals surface area contributed by atoms with Crippen LogP contribution >= 0.6 is 0 Å². The van der Waals surface area contributed by atoms with Crippen LogP contribution in [0, 0.1) is 5.92 Å². The number of likely N-dealkylation sites (tertiary alicyclic amines) is 1. The summed E-state index contributed by atoms with van der Waals surface area (Å²) in [4.78, 5) is 46.9. The maximum atomic E-state index is 14.8. The summed E-state index contributed by atoms with van der Waals surface area (Å²) in [5.41, 5.74) is 0.783. The zero-order chi connectivity index (χ0) is 32.8. The highest BCUT2D eigenvalue weighted by Crippen LogP contribution is 2.60. The van der Waals surface area contributed by atoms with Crippen molar-refractivity contribution in [2.75, 3.05) is 56.2 Å². The average molecular weight is 647 g/mol. The number of hydrogen-bond acceptors (Lipinski definition) is 7. The van der Waals surface area contributed by atoms with Gasteiger partial charge < -0.3 is 34.6 Å². The molecule has 2 N–H and O–H groups in total. The minimum Gasteiger partial charge on any atom is -0.497 e. The third-order valence-electron chi connectivity index (χ3n) is 10.8. The molecule has 5 atom stereocenters. The molecular weight excluding hydrogens is 600 g/mol. The van der Waals surface area contributed by atoms with E-state index in [4.69, 9.17) is 9.47 Å². The van der Waals surface area contributed by atoms with Gasteiger partial charge in [-0.05, 0) is 48.7 Å². The van der Waals surface area contributed by atoms with Crippen LogP contribution in [0.1, 0.15) is 31.7 Å². The first kappa shape index (κ1) is 32.4. The number of fused-ring (bicyclic) bond motifs is 2. The lowest BCUT2D eigenvalue weighted by Crippen LogP contribution is -2.52. The van der Waals surface area contributed by atoms with E-state index in [-0.39, 0.29) is 54.8 Å². The van der Waals surface area contributed by atoms with E-state index in [0.717, 1.165) is 35.5 Å². The van der Waals surface area contributed by atoms with Crippen LogP contribution in [0.4, 0.5) is 11.4 Å². The molecule has 4 aliphatic rings. The van der Waals surface area contributed by atoms with Crippen molar-refractivity contribution in [3.05, 3.63) is 60.7 Å². The van der Waals surface area contributed by atoms with E-state index in [9.17, 15) is 19.5 Å². The molecule has 1 spiro atoms. The molecule has 2 aromatic rings. The van der Waals surface area contributed by atoms with E-state index in [0.29, 0.717) is 26.2 Å². The first-order valence-electron chi connectivity index (χ1n) is 16.4. The van der Waals surface area contributed by atoms with Gasteiger partial charge >= 0.3 is 0 Å². The molecule has 0 unspecified atom stereocenters. The lowest BCUT2D eigenvalue weighted by molar-refractivity contribution is -0.149. The number of piperazine rings is 1. The zero-order valence-electron chi connectivity index (χ0n) is 27.3. The SMILES string of the molecule is C=CCN1C(=O)[C@]2(O[C@H](CC(=O)N3CCC[C@H]3CO)[C@@H]([Si](C)(C)c3ccc(OC)cc3)[C@@H]2C)c2cc(N3CCNCC3=O)ccc21. The van der Waals surface area contributed by atoms with Crippen molar-refractivity contribution in [1.82, 2.24) is 10.2 Å². The fourth-order valence-electron chi connectivity index (χ4n) is 8.50. The predicted octanol–water partition coefficient (Wildman–Crippen LogP) is 2.75. The number of benzene rings is 2. The maximum Gasteiger partial charge on any atom is 0.264 e. The monoisotopic (exact) mass is 646 g/mol. The summed E-state index contributed by atoms with van der Waals surface area (Å²) in [5, 5.41) is 14.3. The molecule has 0 bridgehead atoms. The van der Waals surface area contributed by atoms with Crippen molar-refractivity contribution in [2.24, 2.45) is 5.92 Å². The Hall–Kier alpha value is -3.51. The Morgan fingerprint density at radius 2 is 1.96 bits per heavy atom. The van der Waals surface area contributed by atoms with Gasteiger partial charge in [-0.15, -0.1) is 6.58 Å². The minimum atomic E-state index is -2.45. The summed E-state index contributed by atoms with van der Waals surface area (Å²) < 4.78 is 12.6. The molecule has 10 nitrogen and oxygen atoms in total. The van der Waals surface area contributed by atoms with Gasteiger partial charge in [0.05, 0.1) is 52.6 Å². The number of anilines is 2. The van der Waals surface area contributed by atoms with Crippen LogP contribution in [0.3, 0.4) is 0 Å². The van der Waals surface area contributed by atoms with Crippen LogP contribution < -0.4 is 25.0 Å². The number of aliphatic hydroxyl groups excluding tert-OH is 1. The molecule has 4 aliphatic heterocycles. The highest BCUT2D eigenvalue weighted by Gasteiger charge is 2.66. The van der Waals surface area contributed by atoms with Crippen molar-refractivity contribution in [3.8, 4) is 5.75 Å². The Bertz CT molecular complexity index is 1510. The number of hydrogen-bond donors (Lipinski definition) is 2. The zero-order valence-corrected chi connectivity index (χ0v) is 28.3. The van der Waals surface area contributed by atoms with Crippen LogP contribution in [0.25, 0.3) is 0 Å². The molecule has 46 heavy (non-hydrogen) atoms. The molecule has 3 fully saturated rings. The molecule has 11 heteroatoms. The maximum absolute atomic E-state index is 14.8.